The van der Waals surface area contributed by atoms with E-state index in [4.69, 9.17) is 0 Å². The number of hydrogen-bond acceptors (Lipinski definition) is 5. The average Bonchev–Trinajstić information content (AvgIpc) is 3.15. The highest BCUT2D eigenvalue weighted by Crippen LogP contribution is 2.37. The zero-order valence-electron chi connectivity index (χ0n) is 16.0. The first-order chi connectivity index (χ1) is 14.1. The largest absolute Gasteiger partial charge is 0.345 e. The molecule has 8 nitrogen and oxygen atoms in total. The summed E-state index contributed by atoms with van der Waals surface area (Å²) in [5, 5.41) is 3.47. The summed E-state index contributed by atoms with van der Waals surface area (Å²) in [5.74, 6) is 0.499. The van der Waals surface area contributed by atoms with Crippen LogP contribution in [-0.2, 0) is 14.1 Å². The molecule has 0 saturated carbocycles. The number of fused-ring (bicyclic) bond motifs is 3. The van der Waals surface area contributed by atoms with E-state index in [0.29, 0.717) is 17.1 Å². The van der Waals surface area contributed by atoms with Gasteiger partial charge in [0.05, 0.1) is 12.1 Å². The minimum atomic E-state index is -0.405. The van der Waals surface area contributed by atoms with E-state index in [1.807, 2.05) is 48.5 Å². The van der Waals surface area contributed by atoms with Crippen molar-refractivity contribution in [2.75, 3.05) is 10.7 Å². The van der Waals surface area contributed by atoms with E-state index < -0.39 is 5.69 Å². The Bertz CT molecular complexity index is 1320. The van der Waals surface area contributed by atoms with Gasteiger partial charge < -0.3 is 10.7 Å². The molecule has 0 fully saturated rings. The normalized spacial score (nSPS) is 18.1. The van der Waals surface area contributed by atoms with Crippen LogP contribution in [-0.4, -0.2) is 18.8 Å². The molecule has 8 heteroatoms. The number of nitrogens with one attached hydrogen (secondary N) is 2. The lowest BCUT2D eigenvalue weighted by molar-refractivity contribution is 0.553. The smallest absolute Gasteiger partial charge is 0.332 e. The molecule has 0 spiro atoms. The summed E-state index contributed by atoms with van der Waals surface area (Å²) in [7, 11) is 3.09. The molecule has 2 atom stereocenters. The summed E-state index contributed by atoms with van der Waals surface area (Å²) in [6, 6.07) is 19.9. The lowest BCUT2D eigenvalue weighted by atomic mass is 9.93. The van der Waals surface area contributed by atoms with Crippen LogP contribution >= 0.6 is 0 Å². The van der Waals surface area contributed by atoms with E-state index >= 15 is 0 Å². The number of imidazole rings is 1. The highest BCUT2D eigenvalue weighted by atomic mass is 16.2. The second-order valence-electron chi connectivity index (χ2n) is 7.20. The summed E-state index contributed by atoms with van der Waals surface area (Å²) in [6.07, 6.45) is 0. The second kappa shape index (κ2) is 6.37. The van der Waals surface area contributed by atoms with Crippen LogP contribution in [0.3, 0.4) is 0 Å². The number of benzene rings is 2. The fourth-order valence-corrected chi connectivity index (χ4v) is 3.92. The highest BCUT2D eigenvalue weighted by molar-refractivity contribution is 5.75. The third-order valence-electron chi connectivity index (χ3n) is 5.46. The van der Waals surface area contributed by atoms with E-state index in [-0.39, 0.29) is 17.6 Å². The molecule has 0 radical (unpaired) electrons. The van der Waals surface area contributed by atoms with Crippen molar-refractivity contribution in [3.63, 3.8) is 0 Å². The van der Waals surface area contributed by atoms with Crippen molar-refractivity contribution in [3.8, 4) is 0 Å². The second-order valence-corrected chi connectivity index (χ2v) is 7.20. The van der Waals surface area contributed by atoms with E-state index in [0.717, 1.165) is 15.7 Å². The topological polar surface area (TPSA) is 85.9 Å². The van der Waals surface area contributed by atoms with Gasteiger partial charge in [-0.2, -0.15) is 4.98 Å². The summed E-state index contributed by atoms with van der Waals surface area (Å²) >= 11 is 0. The Morgan fingerprint density at radius 1 is 0.828 bits per heavy atom. The Morgan fingerprint density at radius 3 is 2.03 bits per heavy atom. The van der Waals surface area contributed by atoms with Crippen molar-refractivity contribution in [1.29, 1.82) is 0 Å². The monoisotopic (exact) mass is 388 g/mol. The third-order valence-corrected chi connectivity index (χ3v) is 5.46. The fourth-order valence-electron chi connectivity index (χ4n) is 3.92. The molecular formula is C21H20N6O2. The highest BCUT2D eigenvalue weighted by Gasteiger charge is 2.33. The molecule has 29 heavy (non-hydrogen) atoms. The van der Waals surface area contributed by atoms with Crippen LogP contribution < -0.4 is 22.0 Å². The van der Waals surface area contributed by atoms with Crippen molar-refractivity contribution >= 4 is 17.1 Å². The Morgan fingerprint density at radius 2 is 1.41 bits per heavy atom. The van der Waals surface area contributed by atoms with Gasteiger partial charge in [0.2, 0.25) is 5.95 Å². The molecule has 2 unspecified atom stereocenters. The van der Waals surface area contributed by atoms with E-state index in [1.165, 1.54) is 11.6 Å². The average molecular weight is 388 g/mol. The SMILES string of the molecule is Cn1c(=O)c2c(nc3n2NC(c2ccccc2)C(c2ccccc2)N3)n(C)c1=O. The molecule has 5 rings (SSSR count). The van der Waals surface area contributed by atoms with Gasteiger partial charge in [-0.05, 0) is 11.1 Å². The van der Waals surface area contributed by atoms with Crippen LogP contribution in [0.15, 0.2) is 70.3 Å². The predicted molar refractivity (Wildman–Crippen MR) is 112 cm³/mol. The molecule has 0 amide bonds. The molecule has 1 aliphatic rings. The Kier molecular flexibility index (Phi) is 3.80. The van der Waals surface area contributed by atoms with Gasteiger partial charge in [0.1, 0.15) is 0 Å². The molecule has 0 aliphatic carbocycles. The van der Waals surface area contributed by atoms with Crippen LogP contribution in [0.4, 0.5) is 5.95 Å². The van der Waals surface area contributed by atoms with Gasteiger partial charge in [-0.3, -0.25) is 13.9 Å². The molecule has 2 aromatic heterocycles. The zero-order valence-corrected chi connectivity index (χ0v) is 16.0. The number of aromatic nitrogens is 4. The third kappa shape index (κ3) is 2.56. The van der Waals surface area contributed by atoms with Crippen molar-refractivity contribution in [1.82, 2.24) is 18.8 Å². The van der Waals surface area contributed by atoms with Crippen molar-refractivity contribution in [3.05, 3.63) is 92.6 Å². The molecular weight excluding hydrogens is 368 g/mol. The van der Waals surface area contributed by atoms with Crippen LogP contribution in [0, 0.1) is 0 Å². The first kappa shape index (κ1) is 17.3. The van der Waals surface area contributed by atoms with Crippen LogP contribution in [0.1, 0.15) is 23.2 Å². The van der Waals surface area contributed by atoms with Gasteiger partial charge >= 0.3 is 5.69 Å². The van der Waals surface area contributed by atoms with Gasteiger partial charge in [0.25, 0.3) is 5.56 Å². The Hall–Kier alpha value is -3.81. The van der Waals surface area contributed by atoms with Crippen LogP contribution in [0.25, 0.3) is 11.2 Å². The first-order valence-electron chi connectivity index (χ1n) is 9.37. The van der Waals surface area contributed by atoms with Gasteiger partial charge in [-0.15, -0.1) is 0 Å². The molecule has 3 heterocycles. The zero-order chi connectivity index (χ0) is 20.1. The number of anilines is 1. The Labute approximate surface area is 166 Å². The molecule has 0 saturated heterocycles. The minimum absolute atomic E-state index is 0.108. The van der Waals surface area contributed by atoms with Gasteiger partial charge in [0.15, 0.2) is 11.2 Å². The fraction of sp³-hybridized carbons (Fsp3) is 0.190. The maximum absolute atomic E-state index is 12.9. The molecule has 146 valence electrons. The summed E-state index contributed by atoms with van der Waals surface area (Å²) in [5.41, 5.74) is 5.51. The molecule has 4 aromatic rings. The van der Waals surface area contributed by atoms with Gasteiger partial charge in [-0.25, -0.2) is 9.47 Å². The molecule has 0 bridgehead atoms. The standard InChI is InChI=1S/C21H20N6O2/c1-25-18-17(19(28)26(2)21(25)29)27-20(23-18)22-15(13-9-5-3-6-10-13)16(24-27)14-11-7-4-8-12-14/h3-12,15-16,24H,1-2H3,(H,22,23). The van der Waals surface area contributed by atoms with Crippen LogP contribution in [0.2, 0.25) is 0 Å². The summed E-state index contributed by atoms with van der Waals surface area (Å²) < 4.78 is 4.15. The van der Waals surface area contributed by atoms with Crippen molar-refractivity contribution < 1.29 is 0 Å². The van der Waals surface area contributed by atoms with Gasteiger partial charge in [-0.1, -0.05) is 60.7 Å². The first-order valence-corrected chi connectivity index (χ1v) is 9.37. The van der Waals surface area contributed by atoms with Crippen LogP contribution in [0.5, 0.6) is 0 Å². The lowest BCUT2D eigenvalue weighted by Crippen LogP contribution is -2.40. The molecule has 2 N–H and O–H groups in total. The molecule has 1 aliphatic heterocycles. The van der Waals surface area contributed by atoms with E-state index in [1.54, 1.807) is 11.7 Å². The number of nitrogens with zero attached hydrogens (tertiary/aromatic N) is 4. The number of hydrogen-bond donors (Lipinski definition) is 2. The Balaban J connectivity index is 1.75. The van der Waals surface area contributed by atoms with E-state index in [9.17, 15) is 9.59 Å². The summed E-state index contributed by atoms with van der Waals surface area (Å²) in [6.45, 7) is 0. The van der Waals surface area contributed by atoms with Gasteiger partial charge in [0, 0.05) is 14.1 Å². The minimum Gasteiger partial charge on any atom is -0.345 e. The van der Waals surface area contributed by atoms with Crippen molar-refractivity contribution in [2.45, 2.75) is 12.1 Å². The predicted octanol–water partition coefficient (Wildman–Crippen LogP) is 1.89. The summed E-state index contributed by atoms with van der Waals surface area (Å²) in [4.78, 5) is 29.7. The lowest BCUT2D eigenvalue weighted by Gasteiger charge is -2.35. The van der Waals surface area contributed by atoms with E-state index in [2.05, 4.69) is 27.9 Å². The maximum Gasteiger partial charge on any atom is 0.332 e. The quantitative estimate of drug-likeness (QED) is 0.548. The number of aryl methyl sites for hydroxylation is 1. The number of rotatable bonds is 2. The molecule has 2 aromatic carbocycles. The van der Waals surface area contributed by atoms with Crippen molar-refractivity contribution in [2.24, 2.45) is 14.1 Å². The maximum atomic E-state index is 12.9.